The zero-order valence-electron chi connectivity index (χ0n) is 15.5. The molecule has 2 N–H and O–H groups in total. The summed E-state index contributed by atoms with van der Waals surface area (Å²) in [5, 5.41) is 13.7. The van der Waals surface area contributed by atoms with Crippen LogP contribution in [0.5, 0.6) is 0 Å². The summed E-state index contributed by atoms with van der Waals surface area (Å²) in [6, 6.07) is 3.27. The smallest absolute Gasteiger partial charge is 0.320 e. The Hall–Kier alpha value is -1.74. The van der Waals surface area contributed by atoms with E-state index in [1.807, 2.05) is 6.07 Å². The minimum atomic E-state index is -3.32. The number of amides is 2. The van der Waals surface area contributed by atoms with Crippen LogP contribution in [0.25, 0.3) is 0 Å². The molecule has 3 rings (SSSR count). The van der Waals surface area contributed by atoms with Crippen molar-refractivity contribution in [2.45, 2.75) is 63.2 Å². The van der Waals surface area contributed by atoms with Crippen molar-refractivity contribution in [2.75, 3.05) is 18.4 Å². The van der Waals surface area contributed by atoms with Gasteiger partial charge in [0.25, 0.3) is 0 Å². The molecule has 0 spiro atoms. The van der Waals surface area contributed by atoms with Crippen LogP contribution in [0.3, 0.4) is 0 Å². The lowest BCUT2D eigenvalue weighted by Crippen LogP contribution is -2.51. The lowest BCUT2D eigenvalue weighted by atomic mass is 10.1. The number of nitrogens with zero attached hydrogens (tertiary/aromatic N) is 3. The summed E-state index contributed by atoms with van der Waals surface area (Å²) in [5.41, 5.74) is 0.975. The fourth-order valence-electron chi connectivity index (χ4n) is 2.97. The van der Waals surface area contributed by atoms with E-state index in [1.54, 1.807) is 26.8 Å². The van der Waals surface area contributed by atoms with Crippen molar-refractivity contribution in [2.24, 2.45) is 0 Å². The van der Waals surface area contributed by atoms with Gasteiger partial charge < -0.3 is 5.32 Å². The zero-order valence-corrected chi connectivity index (χ0v) is 16.3. The second-order valence-corrected chi connectivity index (χ2v) is 10.7. The van der Waals surface area contributed by atoms with E-state index < -0.39 is 14.8 Å². The van der Waals surface area contributed by atoms with E-state index in [1.165, 1.54) is 4.31 Å². The number of urea groups is 1. The standard InChI is InChI=1S/C17H27N5O3S/c1-17(2,3)26(24,25)22-10-8-13(9-11-22)18-16(23)19-15-7-6-14(20-21-15)12-4-5-12/h6-7,12-13H,4-5,8-11H2,1-3H3,(H2,18,19,21,23). The molecule has 26 heavy (non-hydrogen) atoms. The molecule has 9 heteroatoms. The Balaban J connectivity index is 1.47. The highest BCUT2D eigenvalue weighted by atomic mass is 32.2. The van der Waals surface area contributed by atoms with E-state index in [0.29, 0.717) is 37.7 Å². The first-order chi connectivity index (χ1) is 12.2. The predicted octanol–water partition coefficient (Wildman–Crippen LogP) is 2.07. The average molecular weight is 382 g/mol. The third-order valence-corrected chi connectivity index (χ3v) is 7.42. The monoisotopic (exact) mass is 381 g/mol. The Morgan fingerprint density at radius 1 is 1.12 bits per heavy atom. The fourth-order valence-corrected chi connectivity index (χ4v) is 4.44. The number of aromatic nitrogens is 2. The number of hydrogen-bond acceptors (Lipinski definition) is 5. The van der Waals surface area contributed by atoms with Crippen molar-refractivity contribution in [1.29, 1.82) is 0 Å². The Morgan fingerprint density at radius 3 is 2.27 bits per heavy atom. The van der Waals surface area contributed by atoms with Gasteiger partial charge in [0.05, 0.1) is 10.4 Å². The molecule has 0 radical (unpaired) electrons. The van der Waals surface area contributed by atoms with E-state index in [9.17, 15) is 13.2 Å². The van der Waals surface area contributed by atoms with Gasteiger partial charge in [0.1, 0.15) is 0 Å². The summed E-state index contributed by atoms with van der Waals surface area (Å²) in [4.78, 5) is 12.1. The van der Waals surface area contributed by atoms with Crippen molar-refractivity contribution >= 4 is 21.9 Å². The Bertz CT molecular complexity index is 746. The number of hydrogen-bond donors (Lipinski definition) is 2. The van der Waals surface area contributed by atoms with Gasteiger partial charge in [-0.2, -0.15) is 5.10 Å². The molecule has 144 valence electrons. The number of carbonyl (C=O) groups excluding carboxylic acids is 1. The van der Waals surface area contributed by atoms with Gasteiger partial charge in [-0.1, -0.05) is 0 Å². The number of nitrogens with one attached hydrogen (secondary N) is 2. The van der Waals surface area contributed by atoms with Gasteiger partial charge in [-0.3, -0.25) is 5.32 Å². The second-order valence-electron chi connectivity index (χ2n) is 8.01. The fraction of sp³-hybridized carbons (Fsp3) is 0.706. The molecule has 2 aliphatic rings. The molecule has 2 heterocycles. The maximum absolute atomic E-state index is 12.5. The molecule has 0 aromatic carbocycles. The first-order valence-electron chi connectivity index (χ1n) is 9.07. The lowest BCUT2D eigenvalue weighted by molar-refractivity contribution is 0.237. The van der Waals surface area contributed by atoms with E-state index in [0.717, 1.165) is 18.5 Å². The Labute approximate surface area is 154 Å². The molecule has 8 nitrogen and oxygen atoms in total. The Kier molecular flexibility index (Phi) is 5.21. The second kappa shape index (κ2) is 7.11. The molecule has 0 bridgehead atoms. The highest BCUT2D eigenvalue weighted by molar-refractivity contribution is 7.90. The number of rotatable bonds is 4. The summed E-state index contributed by atoms with van der Waals surface area (Å²) in [5.74, 6) is 0.944. The highest BCUT2D eigenvalue weighted by Gasteiger charge is 2.37. The third kappa shape index (κ3) is 4.32. The van der Waals surface area contributed by atoms with Gasteiger partial charge >= 0.3 is 6.03 Å². The number of carbonyl (C=O) groups is 1. The molecule has 1 aliphatic heterocycles. The lowest BCUT2D eigenvalue weighted by Gasteiger charge is -2.35. The van der Waals surface area contributed by atoms with E-state index in [2.05, 4.69) is 20.8 Å². The van der Waals surface area contributed by atoms with Crippen LogP contribution >= 0.6 is 0 Å². The molecule has 1 saturated carbocycles. The zero-order chi connectivity index (χ0) is 18.9. The van der Waals surface area contributed by atoms with Crippen molar-refractivity contribution in [1.82, 2.24) is 19.8 Å². The van der Waals surface area contributed by atoms with Gasteiger partial charge in [0.15, 0.2) is 5.82 Å². The summed E-state index contributed by atoms with van der Waals surface area (Å²) in [7, 11) is -3.32. The maximum atomic E-state index is 12.5. The average Bonchev–Trinajstić information content (AvgIpc) is 3.40. The molecule has 2 fully saturated rings. The normalized spacial score (nSPS) is 20.0. The van der Waals surface area contributed by atoms with Gasteiger partial charge in [0, 0.05) is 25.0 Å². The van der Waals surface area contributed by atoms with Crippen LogP contribution in [0.2, 0.25) is 0 Å². The van der Waals surface area contributed by atoms with Crippen molar-refractivity contribution in [3.05, 3.63) is 17.8 Å². The number of anilines is 1. The SMILES string of the molecule is CC(C)(C)S(=O)(=O)N1CCC(NC(=O)Nc2ccc(C3CC3)nn2)CC1. The van der Waals surface area contributed by atoms with Crippen LogP contribution in [-0.2, 0) is 10.0 Å². The highest BCUT2D eigenvalue weighted by Crippen LogP contribution is 2.38. The molecule has 1 aromatic heterocycles. The molecule has 0 atom stereocenters. The van der Waals surface area contributed by atoms with Gasteiger partial charge in [-0.05, 0) is 58.6 Å². The molecular weight excluding hydrogens is 354 g/mol. The van der Waals surface area contributed by atoms with Gasteiger partial charge in [-0.25, -0.2) is 17.5 Å². The summed E-state index contributed by atoms with van der Waals surface area (Å²) >= 11 is 0. The van der Waals surface area contributed by atoms with Crippen LogP contribution in [0.15, 0.2) is 12.1 Å². The largest absolute Gasteiger partial charge is 0.335 e. The van der Waals surface area contributed by atoms with Crippen LogP contribution in [0.1, 0.15) is 58.1 Å². The minimum absolute atomic E-state index is 0.0554. The van der Waals surface area contributed by atoms with Crippen molar-refractivity contribution in [3.63, 3.8) is 0 Å². The first-order valence-corrected chi connectivity index (χ1v) is 10.5. The first kappa shape index (κ1) is 19.0. The van der Waals surface area contributed by atoms with Crippen LogP contribution in [0.4, 0.5) is 10.6 Å². The van der Waals surface area contributed by atoms with Crippen molar-refractivity contribution in [3.8, 4) is 0 Å². The molecule has 2 amide bonds. The minimum Gasteiger partial charge on any atom is -0.335 e. The van der Waals surface area contributed by atoms with E-state index in [4.69, 9.17) is 0 Å². The quantitative estimate of drug-likeness (QED) is 0.831. The topological polar surface area (TPSA) is 104 Å². The van der Waals surface area contributed by atoms with Crippen LogP contribution < -0.4 is 10.6 Å². The maximum Gasteiger partial charge on any atom is 0.320 e. The molecular formula is C17H27N5O3S. The summed E-state index contributed by atoms with van der Waals surface area (Å²) < 4.78 is 25.6. The molecule has 0 unspecified atom stereocenters. The number of piperidine rings is 1. The third-order valence-electron chi connectivity index (χ3n) is 4.83. The molecule has 1 aliphatic carbocycles. The summed E-state index contributed by atoms with van der Waals surface area (Å²) in [6.07, 6.45) is 3.50. The Morgan fingerprint density at radius 2 is 1.77 bits per heavy atom. The number of sulfonamides is 1. The van der Waals surface area contributed by atoms with Crippen LogP contribution in [0, 0.1) is 0 Å². The van der Waals surface area contributed by atoms with Crippen molar-refractivity contribution < 1.29 is 13.2 Å². The van der Waals surface area contributed by atoms with E-state index >= 15 is 0 Å². The molecule has 1 saturated heterocycles. The predicted molar refractivity (Wildman–Crippen MR) is 99.4 cm³/mol. The molecule has 1 aromatic rings. The van der Waals surface area contributed by atoms with Gasteiger partial charge in [0.2, 0.25) is 10.0 Å². The van der Waals surface area contributed by atoms with E-state index in [-0.39, 0.29) is 12.1 Å². The van der Waals surface area contributed by atoms with Crippen LogP contribution in [-0.4, -0.2) is 52.8 Å². The summed E-state index contributed by atoms with van der Waals surface area (Å²) in [6.45, 7) is 5.95. The van der Waals surface area contributed by atoms with Gasteiger partial charge in [-0.15, -0.1) is 5.10 Å².